The van der Waals surface area contributed by atoms with Crippen molar-refractivity contribution in [2.75, 3.05) is 5.88 Å². The molecular formula is C12H12ClNO. The summed E-state index contributed by atoms with van der Waals surface area (Å²) < 4.78 is 5.60. The van der Waals surface area contributed by atoms with Gasteiger partial charge in [0.1, 0.15) is 0 Å². The maximum atomic E-state index is 5.61. The summed E-state index contributed by atoms with van der Waals surface area (Å²) in [5.74, 6) is 2.22. The number of benzene rings is 1. The molecule has 0 aliphatic rings. The van der Waals surface area contributed by atoms with Gasteiger partial charge in [0.15, 0.2) is 11.7 Å². The van der Waals surface area contributed by atoms with Gasteiger partial charge in [0, 0.05) is 17.9 Å². The Bertz CT molecular complexity index is 411. The van der Waals surface area contributed by atoms with Crippen molar-refractivity contribution < 1.29 is 4.42 Å². The smallest absolute Gasteiger partial charge is 0.194 e. The highest BCUT2D eigenvalue weighted by atomic mass is 35.5. The molecule has 0 atom stereocenters. The van der Waals surface area contributed by atoms with Crippen LogP contribution in [0.15, 0.2) is 40.9 Å². The number of alkyl halides is 1. The number of hydrogen-bond acceptors (Lipinski definition) is 2. The molecule has 2 nitrogen and oxygen atoms in total. The van der Waals surface area contributed by atoms with Gasteiger partial charge < -0.3 is 4.42 Å². The third kappa shape index (κ3) is 2.60. The molecule has 0 fully saturated rings. The lowest BCUT2D eigenvalue weighted by molar-refractivity contribution is 0.503. The van der Waals surface area contributed by atoms with Crippen LogP contribution >= 0.6 is 11.6 Å². The topological polar surface area (TPSA) is 26.0 Å². The van der Waals surface area contributed by atoms with Crippen molar-refractivity contribution in [2.45, 2.75) is 12.8 Å². The summed E-state index contributed by atoms with van der Waals surface area (Å²) in [6, 6.07) is 9.96. The van der Waals surface area contributed by atoms with E-state index in [0.717, 1.165) is 30.1 Å². The largest absolute Gasteiger partial charge is 0.441 e. The van der Waals surface area contributed by atoms with Crippen LogP contribution in [0.5, 0.6) is 0 Å². The predicted molar refractivity (Wildman–Crippen MR) is 61.0 cm³/mol. The van der Waals surface area contributed by atoms with E-state index in [-0.39, 0.29) is 0 Å². The molecule has 1 aromatic heterocycles. The maximum Gasteiger partial charge on any atom is 0.194 e. The fraction of sp³-hybridized carbons (Fsp3) is 0.250. The Balaban J connectivity index is 2.14. The quantitative estimate of drug-likeness (QED) is 0.739. The molecule has 15 heavy (non-hydrogen) atoms. The van der Waals surface area contributed by atoms with Gasteiger partial charge in [0.25, 0.3) is 0 Å². The molecule has 0 bridgehead atoms. The predicted octanol–water partition coefficient (Wildman–Crippen LogP) is 3.51. The van der Waals surface area contributed by atoms with Gasteiger partial charge >= 0.3 is 0 Å². The van der Waals surface area contributed by atoms with E-state index >= 15 is 0 Å². The number of nitrogens with zero attached hydrogens (tertiary/aromatic N) is 1. The molecule has 1 heterocycles. The molecular weight excluding hydrogens is 210 g/mol. The number of aryl methyl sites for hydroxylation is 1. The maximum absolute atomic E-state index is 5.61. The third-order valence-electron chi connectivity index (χ3n) is 2.14. The Labute approximate surface area is 93.9 Å². The number of aromatic nitrogens is 1. The monoisotopic (exact) mass is 221 g/mol. The lowest BCUT2D eigenvalue weighted by Gasteiger charge is -1.94. The summed E-state index contributed by atoms with van der Waals surface area (Å²) in [7, 11) is 0. The highest BCUT2D eigenvalue weighted by Crippen LogP contribution is 2.20. The van der Waals surface area contributed by atoms with Crippen molar-refractivity contribution in [2.24, 2.45) is 0 Å². The van der Waals surface area contributed by atoms with Gasteiger partial charge in [-0.05, 0) is 6.42 Å². The first-order valence-corrected chi connectivity index (χ1v) is 5.49. The van der Waals surface area contributed by atoms with E-state index in [9.17, 15) is 0 Å². The Morgan fingerprint density at radius 1 is 1.20 bits per heavy atom. The van der Waals surface area contributed by atoms with E-state index in [1.54, 1.807) is 6.20 Å². The zero-order valence-electron chi connectivity index (χ0n) is 8.32. The molecule has 0 radical (unpaired) electrons. The van der Waals surface area contributed by atoms with E-state index in [4.69, 9.17) is 16.0 Å². The summed E-state index contributed by atoms with van der Waals surface area (Å²) in [4.78, 5) is 4.20. The molecule has 1 aromatic carbocycles. The molecule has 3 heteroatoms. The number of hydrogen-bond donors (Lipinski definition) is 0. The molecule has 0 amide bonds. The summed E-state index contributed by atoms with van der Waals surface area (Å²) in [5, 5.41) is 0. The third-order valence-corrected chi connectivity index (χ3v) is 2.40. The van der Waals surface area contributed by atoms with Gasteiger partial charge in [-0.2, -0.15) is 0 Å². The minimum atomic E-state index is 0.642. The molecule has 0 aliphatic carbocycles. The van der Waals surface area contributed by atoms with Crippen LogP contribution < -0.4 is 0 Å². The lowest BCUT2D eigenvalue weighted by Crippen LogP contribution is -1.84. The van der Waals surface area contributed by atoms with Gasteiger partial charge in [-0.25, -0.2) is 4.98 Å². The van der Waals surface area contributed by atoms with Crippen LogP contribution in [0, 0.1) is 0 Å². The molecule has 0 saturated heterocycles. The van der Waals surface area contributed by atoms with Crippen molar-refractivity contribution in [3.05, 3.63) is 42.4 Å². The Kier molecular flexibility index (Phi) is 3.41. The Morgan fingerprint density at radius 2 is 2.00 bits per heavy atom. The van der Waals surface area contributed by atoms with Crippen molar-refractivity contribution in [1.29, 1.82) is 0 Å². The zero-order chi connectivity index (χ0) is 10.5. The van der Waals surface area contributed by atoms with Crippen molar-refractivity contribution in [3.63, 3.8) is 0 Å². The number of halogens is 1. The van der Waals surface area contributed by atoms with Crippen molar-refractivity contribution in [3.8, 4) is 11.3 Å². The van der Waals surface area contributed by atoms with Crippen molar-refractivity contribution in [1.82, 2.24) is 4.98 Å². The fourth-order valence-corrected chi connectivity index (χ4v) is 1.51. The van der Waals surface area contributed by atoms with E-state index < -0.39 is 0 Å². The second-order valence-electron chi connectivity index (χ2n) is 3.28. The highest BCUT2D eigenvalue weighted by Gasteiger charge is 2.04. The molecule has 2 aromatic rings. The molecule has 0 spiro atoms. The first-order valence-electron chi connectivity index (χ1n) is 4.96. The second kappa shape index (κ2) is 4.99. The van der Waals surface area contributed by atoms with Crippen molar-refractivity contribution >= 4 is 11.6 Å². The molecule has 0 unspecified atom stereocenters. The SMILES string of the molecule is ClCCCc1ncc(-c2ccccc2)o1. The van der Waals surface area contributed by atoms with Crippen LogP contribution in [0.25, 0.3) is 11.3 Å². The van der Waals surface area contributed by atoms with Crippen LogP contribution in [0.2, 0.25) is 0 Å². The molecule has 0 N–H and O–H groups in total. The first kappa shape index (κ1) is 10.2. The number of rotatable bonds is 4. The van der Waals surface area contributed by atoms with Gasteiger partial charge in [0.2, 0.25) is 0 Å². The van der Waals surface area contributed by atoms with Crippen LogP contribution in [0.1, 0.15) is 12.3 Å². The average Bonchev–Trinajstić information content (AvgIpc) is 2.76. The van der Waals surface area contributed by atoms with Gasteiger partial charge in [0.05, 0.1) is 6.20 Å². The summed E-state index contributed by atoms with van der Waals surface area (Å²) in [6.07, 6.45) is 3.46. The normalized spacial score (nSPS) is 10.5. The standard InChI is InChI=1S/C12H12ClNO/c13-8-4-7-12-14-9-11(15-12)10-5-2-1-3-6-10/h1-3,5-6,9H,4,7-8H2. The molecule has 0 aliphatic heterocycles. The Morgan fingerprint density at radius 3 is 2.73 bits per heavy atom. The van der Waals surface area contributed by atoms with Gasteiger partial charge in [-0.3, -0.25) is 0 Å². The summed E-state index contributed by atoms with van der Waals surface area (Å²) in [6.45, 7) is 0. The molecule has 0 saturated carbocycles. The van der Waals surface area contributed by atoms with E-state index in [0.29, 0.717) is 5.88 Å². The van der Waals surface area contributed by atoms with Crippen LogP contribution in [-0.4, -0.2) is 10.9 Å². The summed E-state index contributed by atoms with van der Waals surface area (Å²) >= 11 is 5.61. The first-order chi connectivity index (χ1) is 7.40. The second-order valence-corrected chi connectivity index (χ2v) is 3.65. The Hall–Kier alpha value is -1.28. The van der Waals surface area contributed by atoms with E-state index in [1.807, 2.05) is 30.3 Å². The average molecular weight is 222 g/mol. The molecule has 78 valence electrons. The minimum absolute atomic E-state index is 0.642. The van der Waals surface area contributed by atoms with Crippen LogP contribution in [0.4, 0.5) is 0 Å². The number of oxazole rings is 1. The lowest BCUT2D eigenvalue weighted by atomic mass is 10.2. The highest BCUT2D eigenvalue weighted by molar-refractivity contribution is 6.17. The zero-order valence-corrected chi connectivity index (χ0v) is 9.07. The van der Waals surface area contributed by atoms with Gasteiger partial charge in [-0.1, -0.05) is 30.3 Å². The van der Waals surface area contributed by atoms with E-state index in [1.165, 1.54) is 0 Å². The van der Waals surface area contributed by atoms with Crippen LogP contribution in [0.3, 0.4) is 0 Å². The van der Waals surface area contributed by atoms with Crippen LogP contribution in [-0.2, 0) is 6.42 Å². The summed E-state index contributed by atoms with van der Waals surface area (Å²) in [5.41, 5.74) is 1.06. The minimum Gasteiger partial charge on any atom is -0.441 e. The van der Waals surface area contributed by atoms with E-state index in [2.05, 4.69) is 4.98 Å². The van der Waals surface area contributed by atoms with Gasteiger partial charge in [-0.15, -0.1) is 11.6 Å². The molecule has 2 rings (SSSR count). The fourth-order valence-electron chi connectivity index (χ4n) is 1.38.